The lowest BCUT2D eigenvalue weighted by Crippen LogP contribution is -2.52. The van der Waals surface area contributed by atoms with Crippen LogP contribution in [0.25, 0.3) is 0 Å². The predicted octanol–water partition coefficient (Wildman–Crippen LogP) is 3.99. The van der Waals surface area contributed by atoms with Gasteiger partial charge in [0.25, 0.3) is 5.91 Å². The molecular weight excluding hydrogens is 465 g/mol. The van der Waals surface area contributed by atoms with E-state index < -0.39 is 18.0 Å². The maximum Gasteiger partial charge on any atom is 0.471 e. The van der Waals surface area contributed by atoms with Crippen molar-refractivity contribution in [3.8, 4) is 0 Å². The predicted molar refractivity (Wildman–Crippen MR) is 121 cm³/mol. The van der Waals surface area contributed by atoms with E-state index in [2.05, 4.69) is 10.6 Å². The molecule has 1 fully saturated rings. The molecule has 1 aliphatic heterocycles. The molecule has 1 aliphatic rings. The van der Waals surface area contributed by atoms with E-state index in [1.54, 1.807) is 42.5 Å². The summed E-state index contributed by atoms with van der Waals surface area (Å²) in [7, 11) is 0. The molecule has 0 bridgehead atoms. The summed E-state index contributed by atoms with van der Waals surface area (Å²) in [5.74, 6) is -2.20. The summed E-state index contributed by atoms with van der Waals surface area (Å²) in [6.07, 6.45) is -4.85. The van der Waals surface area contributed by atoms with Crippen molar-refractivity contribution >= 4 is 52.1 Å². The van der Waals surface area contributed by atoms with Crippen LogP contribution in [0.2, 0.25) is 5.02 Å². The second kappa shape index (κ2) is 9.74. The number of alkyl halides is 3. The van der Waals surface area contributed by atoms with Crippen molar-refractivity contribution in [2.24, 2.45) is 0 Å². The third-order valence-electron chi connectivity index (χ3n) is 4.96. The van der Waals surface area contributed by atoms with E-state index in [0.29, 0.717) is 29.4 Å². The summed E-state index contributed by atoms with van der Waals surface area (Å²) in [5, 5.41) is 6.08. The summed E-state index contributed by atoms with van der Waals surface area (Å²) < 4.78 is 37.7. The first-order valence-corrected chi connectivity index (χ1v) is 10.4. The number of rotatable bonds is 3. The van der Waals surface area contributed by atoms with Crippen LogP contribution in [-0.2, 0) is 4.79 Å². The Hall–Kier alpha value is -2.85. The number of hydrogen-bond donors (Lipinski definition) is 2. The van der Waals surface area contributed by atoms with Gasteiger partial charge in [-0.15, -0.1) is 0 Å². The maximum atomic E-state index is 12.6. The van der Waals surface area contributed by atoms with Gasteiger partial charge in [0.05, 0.1) is 0 Å². The average Bonchev–Trinajstić information content (AvgIpc) is 2.75. The van der Waals surface area contributed by atoms with Gasteiger partial charge in [-0.3, -0.25) is 14.9 Å². The SMILES string of the molecule is Cc1ccc(C(=O)NC(=S)Nc2ccc(N3CCN(C(=O)C(F)(F)F)CC3)cc2)cc1Cl. The number of anilines is 2. The fourth-order valence-electron chi connectivity index (χ4n) is 3.17. The van der Waals surface area contributed by atoms with Crippen LogP contribution in [0, 0.1) is 6.92 Å². The largest absolute Gasteiger partial charge is 0.471 e. The van der Waals surface area contributed by atoms with Crippen molar-refractivity contribution in [2.45, 2.75) is 13.1 Å². The van der Waals surface area contributed by atoms with Gasteiger partial charge in [-0.25, -0.2) is 0 Å². The molecule has 11 heteroatoms. The smallest absolute Gasteiger partial charge is 0.368 e. The summed E-state index contributed by atoms with van der Waals surface area (Å²) in [6, 6.07) is 12.0. The second-order valence-corrected chi connectivity index (χ2v) is 8.01. The van der Waals surface area contributed by atoms with Crippen molar-refractivity contribution in [1.29, 1.82) is 0 Å². The third kappa shape index (κ3) is 5.89. The summed E-state index contributed by atoms with van der Waals surface area (Å²) in [6.45, 7) is 2.42. The van der Waals surface area contributed by atoms with Crippen LogP contribution in [0.4, 0.5) is 24.5 Å². The molecule has 1 saturated heterocycles. The van der Waals surface area contributed by atoms with Crippen LogP contribution in [0.15, 0.2) is 42.5 Å². The first-order chi connectivity index (χ1) is 15.0. The number of aryl methyl sites for hydroxylation is 1. The van der Waals surface area contributed by atoms with E-state index in [4.69, 9.17) is 23.8 Å². The van der Waals surface area contributed by atoms with Crippen molar-refractivity contribution in [3.05, 3.63) is 58.6 Å². The first kappa shape index (κ1) is 23.8. The zero-order chi connectivity index (χ0) is 23.5. The number of halogens is 4. The van der Waals surface area contributed by atoms with Crippen LogP contribution in [0.3, 0.4) is 0 Å². The van der Waals surface area contributed by atoms with Gasteiger partial charge < -0.3 is 15.1 Å². The summed E-state index contributed by atoms with van der Waals surface area (Å²) in [5.41, 5.74) is 2.67. The lowest BCUT2D eigenvalue weighted by Gasteiger charge is -2.36. The van der Waals surface area contributed by atoms with Gasteiger partial charge in [0.2, 0.25) is 0 Å². The van der Waals surface area contributed by atoms with Crippen LogP contribution in [0.1, 0.15) is 15.9 Å². The van der Waals surface area contributed by atoms with Gasteiger partial charge in [-0.1, -0.05) is 17.7 Å². The fraction of sp³-hybridized carbons (Fsp3) is 0.286. The Kier molecular flexibility index (Phi) is 7.25. The molecule has 0 atom stereocenters. The molecule has 3 rings (SSSR count). The molecule has 32 heavy (non-hydrogen) atoms. The molecule has 2 amide bonds. The third-order valence-corrected chi connectivity index (χ3v) is 5.57. The molecule has 0 spiro atoms. The molecular formula is C21H20ClF3N4O2S. The summed E-state index contributed by atoms with van der Waals surface area (Å²) in [4.78, 5) is 26.3. The lowest BCUT2D eigenvalue weighted by molar-refractivity contribution is -0.185. The Morgan fingerprint density at radius 3 is 2.22 bits per heavy atom. The van der Waals surface area contributed by atoms with Gasteiger partial charge >= 0.3 is 12.1 Å². The Morgan fingerprint density at radius 1 is 1.03 bits per heavy atom. The minimum absolute atomic E-state index is 0.00249. The van der Waals surface area contributed by atoms with Crippen molar-refractivity contribution in [1.82, 2.24) is 10.2 Å². The molecule has 0 aliphatic carbocycles. The van der Waals surface area contributed by atoms with E-state index >= 15 is 0 Å². The Balaban J connectivity index is 1.52. The number of piperazine rings is 1. The molecule has 2 aromatic rings. The van der Waals surface area contributed by atoms with E-state index in [0.717, 1.165) is 16.2 Å². The van der Waals surface area contributed by atoms with E-state index in [9.17, 15) is 22.8 Å². The number of hydrogen-bond acceptors (Lipinski definition) is 4. The Labute approximate surface area is 193 Å². The zero-order valence-electron chi connectivity index (χ0n) is 17.0. The second-order valence-electron chi connectivity index (χ2n) is 7.20. The molecule has 2 N–H and O–H groups in total. The molecule has 170 valence electrons. The number of benzene rings is 2. The van der Waals surface area contributed by atoms with E-state index in [-0.39, 0.29) is 18.2 Å². The molecule has 0 radical (unpaired) electrons. The van der Waals surface area contributed by atoms with Crippen molar-refractivity contribution < 1.29 is 22.8 Å². The topological polar surface area (TPSA) is 64.7 Å². The molecule has 1 heterocycles. The number of nitrogens with one attached hydrogen (secondary N) is 2. The minimum Gasteiger partial charge on any atom is -0.368 e. The van der Waals surface area contributed by atoms with Gasteiger partial charge in [-0.05, 0) is 61.1 Å². The normalized spacial score (nSPS) is 14.2. The number of amides is 2. The highest BCUT2D eigenvalue weighted by molar-refractivity contribution is 7.80. The Morgan fingerprint density at radius 2 is 1.66 bits per heavy atom. The number of nitrogens with zero attached hydrogens (tertiary/aromatic N) is 2. The highest BCUT2D eigenvalue weighted by Crippen LogP contribution is 2.23. The number of thiocarbonyl (C=S) groups is 1. The quantitative estimate of drug-likeness (QED) is 0.645. The van der Waals surface area contributed by atoms with Gasteiger partial charge in [0, 0.05) is 48.1 Å². The van der Waals surface area contributed by atoms with E-state index in [1.807, 2.05) is 11.8 Å². The monoisotopic (exact) mass is 484 g/mol. The maximum absolute atomic E-state index is 12.6. The molecule has 2 aromatic carbocycles. The van der Waals surface area contributed by atoms with E-state index in [1.165, 1.54) is 0 Å². The van der Waals surface area contributed by atoms with Crippen LogP contribution < -0.4 is 15.5 Å². The van der Waals surface area contributed by atoms with Crippen molar-refractivity contribution in [2.75, 3.05) is 36.4 Å². The first-order valence-electron chi connectivity index (χ1n) is 9.64. The highest BCUT2D eigenvalue weighted by Gasteiger charge is 2.43. The van der Waals surface area contributed by atoms with Crippen LogP contribution in [-0.4, -0.2) is 54.2 Å². The van der Waals surface area contributed by atoms with Crippen LogP contribution in [0.5, 0.6) is 0 Å². The zero-order valence-corrected chi connectivity index (χ0v) is 18.6. The van der Waals surface area contributed by atoms with Gasteiger partial charge in [0.1, 0.15) is 0 Å². The Bertz CT molecular complexity index is 1020. The van der Waals surface area contributed by atoms with Gasteiger partial charge in [0.15, 0.2) is 5.11 Å². The summed E-state index contributed by atoms with van der Waals surface area (Å²) >= 11 is 11.2. The average molecular weight is 485 g/mol. The lowest BCUT2D eigenvalue weighted by atomic mass is 10.1. The minimum atomic E-state index is -4.85. The number of carbonyl (C=O) groups is 2. The molecule has 0 saturated carbocycles. The van der Waals surface area contributed by atoms with Crippen molar-refractivity contribution in [3.63, 3.8) is 0 Å². The fourth-order valence-corrected chi connectivity index (χ4v) is 3.57. The standard InChI is InChI=1S/C21H20ClF3N4O2S/c1-13-2-3-14(12-17(13)22)18(30)27-20(32)26-15-4-6-16(7-5-15)28-8-10-29(11-9-28)19(31)21(23,24)25/h2-7,12H,8-11H2,1H3,(H2,26,27,30,32). The van der Waals surface area contributed by atoms with Crippen LogP contribution >= 0.6 is 23.8 Å². The highest BCUT2D eigenvalue weighted by atomic mass is 35.5. The van der Waals surface area contributed by atoms with Gasteiger partial charge in [-0.2, -0.15) is 13.2 Å². The molecule has 6 nitrogen and oxygen atoms in total. The number of carbonyl (C=O) groups excluding carboxylic acids is 2. The molecule has 0 unspecified atom stereocenters. The molecule has 0 aromatic heterocycles.